The first-order chi connectivity index (χ1) is 24.3. The first kappa shape index (κ1) is 37.2. The molecule has 13 nitrogen and oxygen atoms in total. The number of nitrogens with two attached hydrogens (primary N) is 1. The summed E-state index contributed by atoms with van der Waals surface area (Å²) in [6.45, 7) is 4.24. The van der Waals surface area contributed by atoms with Crippen LogP contribution in [0.15, 0.2) is 82.0 Å². The Morgan fingerprint density at radius 3 is 2.51 bits per heavy atom. The number of hydrogen-bond acceptors (Lipinski definition) is 11. The fourth-order valence-electron chi connectivity index (χ4n) is 6.09. The molecule has 0 spiro atoms. The van der Waals surface area contributed by atoms with Crippen LogP contribution in [-0.4, -0.2) is 80.7 Å². The van der Waals surface area contributed by atoms with Gasteiger partial charge in [0.25, 0.3) is 5.91 Å². The molecule has 0 bridgehead atoms. The van der Waals surface area contributed by atoms with Crippen LogP contribution in [0.3, 0.4) is 0 Å². The molecular weight excluding hydrogens is 660 g/mol. The molecule has 4 aromatic rings. The molecule has 2 heterocycles. The summed E-state index contributed by atoms with van der Waals surface area (Å²) in [6, 6.07) is 17.6. The number of aliphatic hydroxyl groups excluding tert-OH is 2. The number of benzene rings is 3. The molecule has 1 aliphatic heterocycles. The number of fused-ring (bicyclic) bond motifs is 1. The van der Waals surface area contributed by atoms with Crippen LogP contribution in [0.2, 0.25) is 0 Å². The Hall–Kier alpha value is -5.05. The van der Waals surface area contributed by atoms with Crippen molar-refractivity contribution >= 4 is 28.9 Å². The number of aryl methyl sites for hydroxylation is 1. The molecule has 1 aromatic heterocycles. The van der Waals surface area contributed by atoms with Crippen LogP contribution in [0.25, 0.3) is 28.2 Å². The van der Waals surface area contributed by atoms with Crippen molar-refractivity contribution in [2.45, 2.75) is 63.3 Å². The third kappa shape index (κ3) is 8.14. The third-order valence-corrected chi connectivity index (χ3v) is 9.05. The number of aromatic hydroxyl groups is 1. The quantitative estimate of drug-likeness (QED) is 0.0942. The molecule has 270 valence electrons. The van der Waals surface area contributed by atoms with Gasteiger partial charge in [0.05, 0.1) is 10.9 Å². The predicted molar refractivity (Wildman–Crippen MR) is 188 cm³/mol. The lowest BCUT2D eigenvalue weighted by Crippen LogP contribution is -2.71. The lowest BCUT2D eigenvalue weighted by atomic mass is 9.86. The Labute approximate surface area is 293 Å². The molecule has 1 saturated heterocycles. The first-order valence-electron chi connectivity index (χ1n) is 16.6. The molecule has 3 aromatic carbocycles. The van der Waals surface area contributed by atoms with Crippen LogP contribution in [-0.2, 0) is 16.0 Å². The number of carbonyl (C=O) groups is 2. The molecule has 8 N–H and O–H groups in total. The largest absolute Gasteiger partial charge is 0.508 e. The maximum absolute atomic E-state index is 13.5. The number of carboxylic acids is 1. The van der Waals surface area contributed by atoms with Crippen molar-refractivity contribution < 1.29 is 49.0 Å². The molecule has 0 aliphatic carbocycles. The fourth-order valence-corrected chi connectivity index (χ4v) is 6.09. The van der Waals surface area contributed by atoms with Crippen molar-refractivity contribution in [3.8, 4) is 22.6 Å². The standard InChI is InChI=1S/C38H42N2O11/c1-3-22-8-4-5-9-23(22)10-6-7-21(2)17-18-40-20-38(48)34(44)31(43)33(36(46)47)51-37(38)49-26-15-16-27-28(19-26)50-32(35(39)45)29(30(27)42)24-11-13-25(41)14-12-24/h4-6,8-16,19,21,31,33-34,37,40-41,43-44,48H,3,7,17-18,20H2,1-2H3,(H2,39,45)(H,46,47)/b10-6+/t21-,31+,33-,34-,37+,38+/m0/s1. The van der Waals surface area contributed by atoms with E-state index in [0.29, 0.717) is 13.0 Å². The molecule has 6 atom stereocenters. The van der Waals surface area contributed by atoms with Gasteiger partial charge in [0.15, 0.2) is 11.7 Å². The van der Waals surface area contributed by atoms with Crippen molar-refractivity contribution in [3.63, 3.8) is 0 Å². The molecule has 1 amide bonds. The minimum absolute atomic E-state index is 0.0364. The monoisotopic (exact) mass is 702 g/mol. The highest BCUT2D eigenvalue weighted by Crippen LogP contribution is 2.34. The molecule has 1 aliphatic rings. The summed E-state index contributed by atoms with van der Waals surface area (Å²) in [5.74, 6) is -2.96. The van der Waals surface area contributed by atoms with E-state index in [4.69, 9.17) is 19.6 Å². The Morgan fingerprint density at radius 1 is 1.10 bits per heavy atom. The molecular formula is C38H42N2O11. The van der Waals surface area contributed by atoms with Gasteiger partial charge >= 0.3 is 5.97 Å². The Morgan fingerprint density at radius 2 is 1.82 bits per heavy atom. The van der Waals surface area contributed by atoms with E-state index in [9.17, 15) is 39.9 Å². The zero-order valence-electron chi connectivity index (χ0n) is 28.2. The molecule has 0 radical (unpaired) electrons. The fraction of sp³-hybridized carbons (Fsp3) is 0.342. The number of aliphatic carboxylic acids is 1. The van der Waals surface area contributed by atoms with Crippen LogP contribution >= 0.6 is 0 Å². The number of nitrogens with one attached hydrogen (secondary N) is 1. The van der Waals surface area contributed by atoms with E-state index in [1.54, 1.807) is 0 Å². The molecule has 13 heteroatoms. The number of allylic oxidation sites excluding steroid dienone is 1. The SMILES string of the molecule is CCc1ccccc1/C=C/C[C@H](C)CCNC[C@]1(O)[C@H](Oc2ccc3c(=O)c(-c4ccc(O)cc4)c(C(N)=O)oc3c2)O[C@H](C(=O)O)[C@@H](O)[C@@H]1O. The summed E-state index contributed by atoms with van der Waals surface area (Å²) < 4.78 is 17.1. The summed E-state index contributed by atoms with van der Waals surface area (Å²) in [7, 11) is 0. The van der Waals surface area contributed by atoms with Gasteiger partial charge in [0.2, 0.25) is 17.5 Å². The summed E-state index contributed by atoms with van der Waals surface area (Å²) in [4.78, 5) is 37.7. The zero-order valence-corrected chi connectivity index (χ0v) is 28.2. The van der Waals surface area contributed by atoms with E-state index >= 15 is 0 Å². The van der Waals surface area contributed by atoms with Crippen molar-refractivity contribution in [2.75, 3.05) is 13.1 Å². The Kier molecular flexibility index (Phi) is 11.6. The number of ether oxygens (including phenoxy) is 2. The van der Waals surface area contributed by atoms with Gasteiger partial charge in [0.1, 0.15) is 29.3 Å². The molecule has 51 heavy (non-hydrogen) atoms. The lowest BCUT2D eigenvalue weighted by Gasteiger charge is -2.46. The Bertz CT molecular complexity index is 1960. The number of hydrogen-bond donors (Lipinski definition) is 7. The highest BCUT2D eigenvalue weighted by molar-refractivity contribution is 5.99. The average molecular weight is 703 g/mol. The molecule has 5 rings (SSSR count). The molecule has 0 saturated carbocycles. The first-order valence-corrected chi connectivity index (χ1v) is 16.6. The van der Waals surface area contributed by atoms with E-state index in [1.807, 2.05) is 12.1 Å². The minimum Gasteiger partial charge on any atom is -0.508 e. The van der Waals surface area contributed by atoms with Gasteiger partial charge in [-0.25, -0.2) is 4.79 Å². The normalized spacial score (nSPS) is 22.6. The maximum Gasteiger partial charge on any atom is 0.335 e. The van der Waals surface area contributed by atoms with Crippen LogP contribution in [0.4, 0.5) is 0 Å². The predicted octanol–water partition coefficient (Wildman–Crippen LogP) is 3.19. The smallest absolute Gasteiger partial charge is 0.335 e. The van der Waals surface area contributed by atoms with E-state index in [1.165, 1.54) is 53.6 Å². The second-order valence-corrected chi connectivity index (χ2v) is 12.7. The molecule has 0 unspecified atom stereocenters. The van der Waals surface area contributed by atoms with E-state index in [2.05, 4.69) is 43.4 Å². The average Bonchev–Trinajstić information content (AvgIpc) is 3.11. The van der Waals surface area contributed by atoms with Crippen LogP contribution in [0.5, 0.6) is 11.5 Å². The number of carbonyl (C=O) groups excluding carboxylic acids is 1. The van der Waals surface area contributed by atoms with Gasteiger partial charge in [-0.15, -0.1) is 0 Å². The van der Waals surface area contributed by atoms with Crippen LogP contribution < -0.4 is 21.2 Å². The minimum atomic E-state index is -2.34. The third-order valence-electron chi connectivity index (χ3n) is 9.05. The van der Waals surface area contributed by atoms with Gasteiger partial charge in [-0.05, 0) is 72.7 Å². The van der Waals surface area contributed by atoms with Crippen molar-refractivity contribution in [2.24, 2.45) is 11.7 Å². The lowest BCUT2D eigenvalue weighted by molar-refractivity contribution is -0.311. The second-order valence-electron chi connectivity index (χ2n) is 12.7. The van der Waals surface area contributed by atoms with Gasteiger partial charge in [-0.1, -0.05) is 62.4 Å². The van der Waals surface area contributed by atoms with Gasteiger partial charge in [-0.2, -0.15) is 0 Å². The van der Waals surface area contributed by atoms with Gasteiger partial charge in [0, 0.05) is 12.6 Å². The number of aliphatic hydroxyl groups is 3. The number of phenolic OH excluding ortho intramolecular Hbond substituents is 1. The van der Waals surface area contributed by atoms with Crippen molar-refractivity contribution in [1.29, 1.82) is 0 Å². The second kappa shape index (κ2) is 15.9. The number of rotatable bonds is 14. The van der Waals surface area contributed by atoms with Crippen LogP contribution in [0.1, 0.15) is 48.4 Å². The van der Waals surface area contributed by atoms with E-state index < -0.39 is 53.3 Å². The highest BCUT2D eigenvalue weighted by atomic mass is 16.7. The summed E-state index contributed by atoms with van der Waals surface area (Å²) >= 11 is 0. The maximum atomic E-state index is 13.5. The summed E-state index contributed by atoms with van der Waals surface area (Å²) in [6.07, 6.45) is -1.12. The van der Waals surface area contributed by atoms with E-state index in [-0.39, 0.29) is 46.1 Å². The Balaban J connectivity index is 1.33. The summed E-state index contributed by atoms with van der Waals surface area (Å²) in [5.41, 5.74) is 5.08. The summed E-state index contributed by atoms with van der Waals surface area (Å²) in [5, 5.41) is 55.7. The number of amides is 1. The van der Waals surface area contributed by atoms with E-state index in [0.717, 1.165) is 12.8 Å². The highest BCUT2D eigenvalue weighted by Gasteiger charge is 2.58. The topological polar surface area (TPSA) is 222 Å². The number of primary amides is 1. The zero-order chi connectivity index (χ0) is 36.9. The van der Waals surface area contributed by atoms with Crippen molar-refractivity contribution in [3.05, 3.63) is 99.9 Å². The molecule has 1 fully saturated rings. The number of phenols is 1. The van der Waals surface area contributed by atoms with Crippen LogP contribution in [0, 0.1) is 5.92 Å². The number of carboxylic acid groups (broad SMARTS) is 1. The van der Waals surface area contributed by atoms with Crippen molar-refractivity contribution in [1.82, 2.24) is 5.32 Å². The van der Waals surface area contributed by atoms with Gasteiger partial charge < -0.3 is 50.5 Å². The van der Waals surface area contributed by atoms with Gasteiger partial charge in [-0.3, -0.25) is 9.59 Å².